The molecule has 0 atom stereocenters. The highest BCUT2D eigenvalue weighted by Crippen LogP contribution is 2.37. The van der Waals surface area contributed by atoms with Crippen LogP contribution < -0.4 is 10.4 Å². The molecule has 4 rings (SSSR count). The van der Waals surface area contributed by atoms with Crippen LogP contribution in [0.15, 0.2) is 63.8 Å². The first-order chi connectivity index (χ1) is 17.8. The topological polar surface area (TPSA) is 62.9 Å². The minimum Gasteiger partial charge on any atom is -0.508 e. The standard InChI is InChI=1S/C30H31Cl2NO4/c1-4-5-14-33(3)15-16-36-22-9-6-20(7-10-22)17-25-23-12-13-27(34)19(2)29(23)37-30(35)28(25)24-11-8-21(31)18-26(24)32/h6-13,18,34H,4-5,14-17H2,1-3H3. The van der Waals surface area contributed by atoms with E-state index in [1.807, 2.05) is 24.3 Å². The van der Waals surface area contributed by atoms with Gasteiger partial charge >= 0.3 is 5.63 Å². The van der Waals surface area contributed by atoms with Crippen LogP contribution in [0, 0.1) is 6.92 Å². The van der Waals surface area contributed by atoms with E-state index >= 15 is 0 Å². The van der Waals surface area contributed by atoms with E-state index in [0.29, 0.717) is 45.3 Å². The molecule has 0 unspecified atom stereocenters. The molecule has 0 radical (unpaired) electrons. The third kappa shape index (κ3) is 6.30. The molecule has 0 aliphatic rings. The number of nitrogens with zero attached hydrogens (tertiary/aromatic N) is 1. The van der Waals surface area contributed by atoms with Gasteiger partial charge in [0, 0.05) is 28.1 Å². The van der Waals surface area contributed by atoms with Crippen molar-refractivity contribution in [3.05, 3.63) is 91.8 Å². The molecule has 5 nitrogen and oxygen atoms in total. The van der Waals surface area contributed by atoms with Crippen molar-refractivity contribution in [2.75, 3.05) is 26.7 Å². The molecule has 194 valence electrons. The summed E-state index contributed by atoms with van der Waals surface area (Å²) in [7, 11) is 2.11. The fraction of sp³-hybridized carbons (Fsp3) is 0.300. The van der Waals surface area contributed by atoms with E-state index in [0.717, 1.165) is 35.4 Å². The molecule has 0 fully saturated rings. The molecular formula is C30H31Cl2NO4. The number of rotatable bonds is 10. The molecule has 0 saturated heterocycles. The Morgan fingerprint density at radius 3 is 2.49 bits per heavy atom. The van der Waals surface area contributed by atoms with Crippen LogP contribution in [0.3, 0.4) is 0 Å². The molecule has 1 heterocycles. The van der Waals surface area contributed by atoms with Crippen LogP contribution in [0.4, 0.5) is 0 Å². The van der Waals surface area contributed by atoms with E-state index in [2.05, 4.69) is 18.9 Å². The number of ether oxygens (including phenoxy) is 1. The lowest BCUT2D eigenvalue weighted by atomic mass is 9.92. The van der Waals surface area contributed by atoms with Crippen molar-refractivity contribution in [1.82, 2.24) is 4.90 Å². The van der Waals surface area contributed by atoms with E-state index in [4.69, 9.17) is 32.4 Å². The number of phenolic OH excluding ortho intramolecular Hbond substituents is 1. The van der Waals surface area contributed by atoms with Crippen LogP contribution in [0.2, 0.25) is 10.0 Å². The van der Waals surface area contributed by atoms with E-state index in [1.165, 1.54) is 12.8 Å². The van der Waals surface area contributed by atoms with Crippen LogP contribution in [0.1, 0.15) is 36.5 Å². The molecule has 0 amide bonds. The van der Waals surface area contributed by atoms with Crippen molar-refractivity contribution in [3.63, 3.8) is 0 Å². The van der Waals surface area contributed by atoms with Gasteiger partial charge in [0.15, 0.2) is 0 Å². The molecule has 0 aliphatic carbocycles. The van der Waals surface area contributed by atoms with E-state index in [1.54, 1.807) is 37.3 Å². The SMILES string of the molecule is CCCCN(C)CCOc1ccc(Cc2c(-c3ccc(Cl)cc3Cl)c(=O)oc3c(C)c(O)ccc23)cc1. The fourth-order valence-electron chi connectivity index (χ4n) is 4.37. The molecule has 1 aromatic heterocycles. The molecule has 0 bridgehead atoms. The maximum atomic E-state index is 13.3. The van der Waals surface area contributed by atoms with Gasteiger partial charge in [0.05, 0.1) is 10.6 Å². The Morgan fingerprint density at radius 1 is 1.03 bits per heavy atom. The smallest absolute Gasteiger partial charge is 0.344 e. The molecule has 0 spiro atoms. The van der Waals surface area contributed by atoms with Crippen molar-refractivity contribution < 1.29 is 14.3 Å². The molecule has 0 aliphatic heterocycles. The molecule has 4 aromatic rings. The average Bonchev–Trinajstić information content (AvgIpc) is 2.87. The average molecular weight is 540 g/mol. The van der Waals surface area contributed by atoms with E-state index in [9.17, 15) is 9.90 Å². The number of halogens is 2. The van der Waals surface area contributed by atoms with Gasteiger partial charge in [-0.3, -0.25) is 0 Å². The number of aryl methyl sites for hydroxylation is 1. The van der Waals surface area contributed by atoms with Gasteiger partial charge < -0.3 is 19.2 Å². The Hall–Kier alpha value is -2.99. The van der Waals surface area contributed by atoms with Crippen LogP contribution in [0.5, 0.6) is 11.5 Å². The van der Waals surface area contributed by atoms with E-state index in [-0.39, 0.29) is 5.75 Å². The number of phenols is 1. The Labute approximate surface area is 227 Å². The molecule has 1 N–H and O–H groups in total. The first kappa shape index (κ1) is 27.1. The number of benzene rings is 3. The fourth-order valence-corrected chi connectivity index (χ4v) is 4.87. The monoisotopic (exact) mass is 539 g/mol. The number of likely N-dealkylation sites (N-methyl/N-ethyl adjacent to an activating group) is 1. The number of fused-ring (bicyclic) bond motifs is 1. The summed E-state index contributed by atoms with van der Waals surface area (Å²) in [4.78, 5) is 15.5. The Balaban J connectivity index is 1.67. The lowest BCUT2D eigenvalue weighted by molar-refractivity contribution is 0.235. The molecule has 0 saturated carbocycles. The molecular weight excluding hydrogens is 509 g/mol. The molecule has 37 heavy (non-hydrogen) atoms. The van der Waals surface area contributed by atoms with Crippen molar-refractivity contribution in [2.24, 2.45) is 0 Å². The number of hydrogen-bond donors (Lipinski definition) is 1. The summed E-state index contributed by atoms with van der Waals surface area (Å²) in [5.74, 6) is 0.868. The van der Waals surface area contributed by atoms with Crippen molar-refractivity contribution >= 4 is 34.2 Å². The maximum absolute atomic E-state index is 13.3. The third-order valence-corrected chi connectivity index (χ3v) is 7.09. The van der Waals surface area contributed by atoms with Crippen molar-refractivity contribution in [1.29, 1.82) is 0 Å². The number of aromatic hydroxyl groups is 1. The van der Waals surface area contributed by atoms with Gasteiger partial charge in [-0.15, -0.1) is 0 Å². The predicted octanol–water partition coefficient (Wildman–Crippen LogP) is 7.48. The van der Waals surface area contributed by atoms with Crippen molar-refractivity contribution in [2.45, 2.75) is 33.1 Å². The lowest BCUT2D eigenvalue weighted by Gasteiger charge is -2.17. The molecule has 7 heteroatoms. The highest BCUT2D eigenvalue weighted by molar-refractivity contribution is 6.36. The lowest BCUT2D eigenvalue weighted by Crippen LogP contribution is -2.25. The van der Waals surface area contributed by atoms with Crippen LogP contribution in [-0.2, 0) is 6.42 Å². The largest absolute Gasteiger partial charge is 0.508 e. The second kappa shape index (κ2) is 12.0. The second-order valence-electron chi connectivity index (χ2n) is 9.28. The number of hydrogen-bond acceptors (Lipinski definition) is 5. The van der Waals surface area contributed by atoms with Gasteiger partial charge in [-0.1, -0.05) is 54.7 Å². The Kier molecular flexibility index (Phi) is 8.80. The highest BCUT2D eigenvalue weighted by atomic mass is 35.5. The Morgan fingerprint density at radius 2 is 1.78 bits per heavy atom. The van der Waals surface area contributed by atoms with Crippen molar-refractivity contribution in [3.8, 4) is 22.6 Å². The summed E-state index contributed by atoms with van der Waals surface area (Å²) in [6.07, 6.45) is 2.82. The van der Waals surface area contributed by atoms with Gasteiger partial charge in [0.1, 0.15) is 23.7 Å². The minimum atomic E-state index is -0.521. The number of unbranched alkanes of at least 4 members (excludes halogenated alkanes) is 1. The normalized spacial score (nSPS) is 11.4. The summed E-state index contributed by atoms with van der Waals surface area (Å²) < 4.78 is 11.6. The van der Waals surface area contributed by atoms with Gasteiger partial charge in [-0.2, -0.15) is 0 Å². The summed E-state index contributed by atoms with van der Waals surface area (Å²) in [6.45, 7) is 6.46. The zero-order chi connectivity index (χ0) is 26.5. The van der Waals surface area contributed by atoms with Crippen LogP contribution >= 0.6 is 23.2 Å². The van der Waals surface area contributed by atoms with Gasteiger partial charge in [0.25, 0.3) is 0 Å². The molecule has 3 aromatic carbocycles. The maximum Gasteiger partial charge on any atom is 0.344 e. The minimum absolute atomic E-state index is 0.0701. The van der Waals surface area contributed by atoms with Crippen LogP contribution in [0.25, 0.3) is 22.1 Å². The first-order valence-corrected chi connectivity index (χ1v) is 13.2. The van der Waals surface area contributed by atoms with Crippen LogP contribution in [-0.4, -0.2) is 36.8 Å². The predicted molar refractivity (Wildman–Crippen MR) is 151 cm³/mol. The van der Waals surface area contributed by atoms with Gasteiger partial charge in [-0.25, -0.2) is 4.79 Å². The zero-order valence-electron chi connectivity index (χ0n) is 21.3. The van der Waals surface area contributed by atoms with E-state index < -0.39 is 5.63 Å². The zero-order valence-corrected chi connectivity index (χ0v) is 22.8. The van der Waals surface area contributed by atoms with Gasteiger partial charge in [-0.05, 0) is 80.9 Å². The first-order valence-electron chi connectivity index (χ1n) is 12.4. The van der Waals surface area contributed by atoms with Gasteiger partial charge in [0.2, 0.25) is 0 Å². The summed E-state index contributed by atoms with van der Waals surface area (Å²) >= 11 is 12.6. The highest BCUT2D eigenvalue weighted by Gasteiger charge is 2.21. The summed E-state index contributed by atoms with van der Waals surface area (Å²) in [5.41, 5.74) is 3.05. The third-order valence-electron chi connectivity index (χ3n) is 6.54. The second-order valence-corrected chi connectivity index (χ2v) is 10.1. The summed E-state index contributed by atoms with van der Waals surface area (Å²) in [6, 6.07) is 16.3. The Bertz CT molecular complexity index is 1450. The quantitative estimate of drug-likeness (QED) is 0.211. The summed E-state index contributed by atoms with van der Waals surface area (Å²) in [5, 5.41) is 11.8.